The van der Waals surface area contributed by atoms with Gasteiger partial charge in [0.25, 0.3) is 0 Å². The minimum Gasteiger partial charge on any atom is -0.316 e. The average Bonchev–Trinajstić information content (AvgIpc) is 2.48. The van der Waals surface area contributed by atoms with Crippen LogP contribution in [0.5, 0.6) is 0 Å². The van der Waals surface area contributed by atoms with E-state index in [2.05, 4.69) is 80.4 Å². The molecule has 0 fully saturated rings. The van der Waals surface area contributed by atoms with Crippen LogP contribution in [0.25, 0.3) is 10.8 Å². The molecule has 0 saturated heterocycles. The monoisotopic (exact) mass is 327 g/mol. The Balaban J connectivity index is 0.00000264. The lowest BCUT2D eigenvalue weighted by Crippen LogP contribution is -2.08. The topological polar surface area (TPSA) is 12.0 Å². The standard InChI is InChI=1S/C21H25N.ClH/c1-21(2,3)15-9-5-6-10-18-14-13-17-11-7-8-12-19(17)20(18)16-22-4;/h5-8,11-14,22H,10,16H2,1-4H3;1H/b6-5+;. The van der Waals surface area contributed by atoms with Crippen molar-refractivity contribution in [1.82, 2.24) is 5.32 Å². The fourth-order valence-corrected chi connectivity index (χ4v) is 2.46. The van der Waals surface area contributed by atoms with Gasteiger partial charge in [0.2, 0.25) is 0 Å². The number of halogens is 1. The normalized spacial score (nSPS) is 11.1. The number of hydrogen-bond donors (Lipinski definition) is 1. The molecule has 0 spiro atoms. The van der Waals surface area contributed by atoms with Gasteiger partial charge in [-0.3, -0.25) is 0 Å². The first-order valence-corrected chi connectivity index (χ1v) is 7.83. The average molecular weight is 328 g/mol. The first-order valence-electron chi connectivity index (χ1n) is 7.83. The van der Waals surface area contributed by atoms with Crippen LogP contribution >= 0.6 is 12.4 Å². The van der Waals surface area contributed by atoms with Crippen LogP contribution in [0.2, 0.25) is 0 Å². The Morgan fingerprint density at radius 1 is 1.09 bits per heavy atom. The fourth-order valence-electron chi connectivity index (χ4n) is 2.46. The maximum atomic E-state index is 3.29. The van der Waals surface area contributed by atoms with Crippen molar-refractivity contribution < 1.29 is 0 Å². The lowest BCUT2D eigenvalue weighted by Gasteiger charge is -2.11. The van der Waals surface area contributed by atoms with Crippen molar-refractivity contribution in [2.75, 3.05) is 7.05 Å². The molecule has 1 nitrogen and oxygen atoms in total. The van der Waals surface area contributed by atoms with E-state index >= 15 is 0 Å². The van der Waals surface area contributed by atoms with Crippen molar-refractivity contribution in [2.45, 2.75) is 33.7 Å². The quantitative estimate of drug-likeness (QED) is 0.768. The van der Waals surface area contributed by atoms with Crippen LogP contribution in [0.15, 0.2) is 48.6 Å². The van der Waals surface area contributed by atoms with Crippen molar-refractivity contribution in [1.29, 1.82) is 0 Å². The SMILES string of the molecule is CNCc1c(C/C=C/C#CC(C)(C)C)ccc2ccccc12.Cl. The molecule has 0 aromatic heterocycles. The molecule has 0 atom stereocenters. The van der Waals surface area contributed by atoms with Gasteiger partial charge in [-0.15, -0.1) is 12.4 Å². The molecule has 0 bridgehead atoms. The van der Waals surface area contributed by atoms with Crippen LogP contribution < -0.4 is 5.32 Å². The molecule has 23 heavy (non-hydrogen) atoms. The largest absolute Gasteiger partial charge is 0.316 e. The van der Waals surface area contributed by atoms with E-state index in [4.69, 9.17) is 0 Å². The summed E-state index contributed by atoms with van der Waals surface area (Å²) in [6.45, 7) is 7.27. The minimum absolute atomic E-state index is 0. The second kappa shape index (κ2) is 8.77. The predicted octanol–water partition coefficient (Wildman–Crippen LogP) is 5.13. The van der Waals surface area contributed by atoms with Crippen LogP contribution in [0.3, 0.4) is 0 Å². The van der Waals surface area contributed by atoms with Gasteiger partial charge >= 0.3 is 0 Å². The first kappa shape index (κ1) is 19.3. The molecular formula is C21H26ClN. The zero-order valence-corrected chi connectivity index (χ0v) is 15.3. The fraction of sp³-hybridized carbons (Fsp3) is 0.333. The van der Waals surface area contributed by atoms with Gasteiger partial charge in [0.15, 0.2) is 0 Å². The third-order valence-corrected chi connectivity index (χ3v) is 3.48. The van der Waals surface area contributed by atoms with Gasteiger partial charge in [-0.1, -0.05) is 54.3 Å². The molecule has 2 rings (SSSR count). The summed E-state index contributed by atoms with van der Waals surface area (Å²) in [7, 11) is 2.00. The molecule has 0 unspecified atom stereocenters. The maximum Gasteiger partial charge on any atom is 0.0233 e. The Labute approximate surface area is 146 Å². The number of rotatable bonds is 4. The van der Waals surface area contributed by atoms with Gasteiger partial charge in [0, 0.05) is 12.0 Å². The van der Waals surface area contributed by atoms with E-state index in [1.54, 1.807) is 0 Å². The molecule has 122 valence electrons. The van der Waals surface area contributed by atoms with E-state index < -0.39 is 0 Å². The van der Waals surface area contributed by atoms with E-state index in [1.807, 2.05) is 13.1 Å². The summed E-state index contributed by atoms with van der Waals surface area (Å²) in [5.74, 6) is 6.37. The summed E-state index contributed by atoms with van der Waals surface area (Å²) in [4.78, 5) is 0. The number of fused-ring (bicyclic) bond motifs is 1. The Bertz CT molecular complexity index is 727. The number of hydrogen-bond acceptors (Lipinski definition) is 1. The van der Waals surface area contributed by atoms with Gasteiger partial charge in [0.1, 0.15) is 0 Å². The number of benzene rings is 2. The third-order valence-electron chi connectivity index (χ3n) is 3.48. The van der Waals surface area contributed by atoms with E-state index in [-0.39, 0.29) is 17.8 Å². The Kier molecular flexibility index (Phi) is 7.36. The van der Waals surface area contributed by atoms with Crippen molar-refractivity contribution in [3.8, 4) is 11.8 Å². The molecule has 0 radical (unpaired) electrons. The van der Waals surface area contributed by atoms with Crippen molar-refractivity contribution in [3.63, 3.8) is 0 Å². The molecule has 0 aliphatic heterocycles. The van der Waals surface area contributed by atoms with Crippen molar-refractivity contribution in [2.24, 2.45) is 5.41 Å². The Hall–Kier alpha value is -1.75. The molecule has 2 aromatic rings. The first-order chi connectivity index (χ1) is 10.5. The van der Waals surface area contributed by atoms with Crippen LogP contribution in [0, 0.1) is 17.3 Å². The van der Waals surface area contributed by atoms with E-state index in [0.717, 1.165) is 13.0 Å². The molecule has 2 aromatic carbocycles. The van der Waals surface area contributed by atoms with E-state index in [9.17, 15) is 0 Å². The summed E-state index contributed by atoms with van der Waals surface area (Å²) in [5, 5.41) is 5.92. The predicted molar refractivity (Wildman–Crippen MR) is 104 cm³/mol. The third kappa shape index (κ3) is 5.75. The van der Waals surface area contributed by atoms with Crippen molar-refractivity contribution >= 4 is 23.2 Å². The lowest BCUT2D eigenvalue weighted by molar-refractivity contribution is 0.571. The highest BCUT2D eigenvalue weighted by atomic mass is 35.5. The molecular weight excluding hydrogens is 302 g/mol. The minimum atomic E-state index is 0. The molecule has 1 N–H and O–H groups in total. The van der Waals surface area contributed by atoms with E-state index in [0.29, 0.717) is 0 Å². The van der Waals surface area contributed by atoms with Crippen LogP contribution in [-0.4, -0.2) is 7.05 Å². The highest BCUT2D eigenvalue weighted by Gasteiger charge is 2.05. The molecule has 0 saturated carbocycles. The van der Waals surface area contributed by atoms with Gasteiger partial charge in [0.05, 0.1) is 0 Å². The second-order valence-corrected chi connectivity index (χ2v) is 6.58. The van der Waals surface area contributed by atoms with Crippen LogP contribution in [0.1, 0.15) is 31.9 Å². The van der Waals surface area contributed by atoms with Gasteiger partial charge < -0.3 is 5.32 Å². The Morgan fingerprint density at radius 2 is 1.83 bits per heavy atom. The molecule has 0 heterocycles. The maximum absolute atomic E-state index is 3.29. The highest BCUT2D eigenvalue weighted by molar-refractivity contribution is 5.86. The molecule has 0 aliphatic carbocycles. The highest BCUT2D eigenvalue weighted by Crippen LogP contribution is 2.23. The zero-order valence-electron chi connectivity index (χ0n) is 14.4. The Morgan fingerprint density at radius 3 is 2.52 bits per heavy atom. The van der Waals surface area contributed by atoms with Gasteiger partial charge in [-0.05, 0) is 62.2 Å². The summed E-state index contributed by atoms with van der Waals surface area (Å²) in [6.07, 6.45) is 5.05. The van der Waals surface area contributed by atoms with E-state index in [1.165, 1.54) is 21.9 Å². The summed E-state index contributed by atoms with van der Waals surface area (Å²) >= 11 is 0. The van der Waals surface area contributed by atoms with Crippen LogP contribution in [-0.2, 0) is 13.0 Å². The van der Waals surface area contributed by atoms with Crippen LogP contribution in [0.4, 0.5) is 0 Å². The molecule has 0 amide bonds. The summed E-state index contributed by atoms with van der Waals surface area (Å²) in [5.41, 5.74) is 2.81. The van der Waals surface area contributed by atoms with Crippen molar-refractivity contribution in [3.05, 3.63) is 59.7 Å². The molecule has 0 aliphatic rings. The molecule has 2 heteroatoms. The summed E-state index contributed by atoms with van der Waals surface area (Å²) in [6, 6.07) is 13.0. The number of allylic oxidation sites excluding steroid dienone is 2. The van der Waals surface area contributed by atoms with Gasteiger partial charge in [-0.2, -0.15) is 0 Å². The van der Waals surface area contributed by atoms with Gasteiger partial charge in [-0.25, -0.2) is 0 Å². The smallest absolute Gasteiger partial charge is 0.0233 e. The lowest BCUT2D eigenvalue weighted by atomic mass is 9.96. The second-order valence-electron chi connectivity index (χ2n) is 6.58. The number of nitrogens with one attached hydrogen (secondary N) is 1. The summed E-state index contributed by atoms with van der Waals surface area (Å²) < 4.78 is 0. The zero-order chi connectivity index (χ0) is 16.0.